The molecule has 0 spiro atoms. The van der Waals surface area contributed by atoms with Gasteiger partial charge in [-0.2, -0.15) is 5.10 Å². The van der Waals surface area contributed by atoms with Gasteiger partial charge in [0.15, 0.2) is 14.9 Å². The Hall–Kier alpha value is -4.19. The number of carboxylic acid groups (broad SMARTS) is 1. The van der Waals surface area contributed by atoms with Crippen LogP contribution in [-0.2, 0) is 21.2 Å². The summed E-state index contributed by atoms with van der Waals surface area (Å²) in [4.78, 5) is 31.4. The number of halogens is 1. The van der Waals surface area contributed by atoms with Crippen LogP contribution in [0.1, 0.15) is 22.3 Å². The fourth-order valence-corrected chi connectivity index (χ4v) is 4.36. The highest BCUT2D eigenvalue weighted by Gasteiger charge is 2.18. The first kappa shape index (κ1) is 23.0. The Morgan fingerprint density at radius 1 is 1.03 bits per heavy atom. The van der Waals surface area contributed by atoms with Gasteiger partial charge in [0.1, 0.15) is 5.82 Å². The van der Waals surface area contributed by atoms with Crippen LogP contribution in [0.3, 0.4) is 0 Å². The highest BCUT2D eigenvalue weighted by molar-refractivity contribution is 7.91. The predicted molar refractivity (Wildman–Crippen MR) is 119 cm³/mol. The zero-order chi connectivity index (χ0) is 24.3. The van der Waals surface area contributed by atoms with Gasteiger partial charge < -0.3 is 10.4 Å². The summed E-state index contributed by atoms with van der Waals surface area (Å²) in [5.74, 6) is -2.56. The summed E-state index contributed by atoms with van der Waals surface area (Å²) >= 11 is 0. The van der Waals surface area contributed by atoms with Gasteiger partial charge in [-0.3, -0.25) is 14.6 Å². The average Bonchev–Trinajstić information content (AvgIpc) is 3.26. The van der Waals surface area contributed by atoms with Crippen molar-refractivity contribution in [2.45, 2.75) is 18.0 Å². The normalized spacial score (nSPS) is 11.4. The van der Waals surface area contributed by atoms with Crippen molar-refractivity contribution in [2.24, 2.45) is 0 Å². The molecule has 0 unspecified atom stereocenters. The van der Waals surface area contributed by atoms with Crippen molar-refractivity contribution in [3.63, 3.8) is 0 Å². The van der Waals surface area contributed by atoms with Crippen molar-refractivity contribution in [3.05, 3.63) is 78.1 Å². The maximum atomic E-state index is 13.2. The third-order valence-electron chi connectivity index (χ3n) is 4.97. The number of aromatic nitrogens is 4. The number of hydrogen-bond donors (Lipinski definition) is 2. The molecule has 12 heteroatoms. The van der Waals surface area contributed by atoms with Crippen LogP contribution in [0.4, 0.5) is 4.39 Å². The fourth-order valence-electron chi connectivity index (χ4n) is 3.21. The van der Waals surface area contributed by atoms with Crippen LogP contribution in [0.25, 0.3) is 16.6 Å². The molecular formula is C22H18FN5O5S. The van der Waals surface area contributed by atoms with Crippen LogP contribution in [0.2, 0.25) is 0 Å². The van der Waals surface area contributed by atoms with E-state index in [2.05, 4.69) is 20.4 Å². The number of fused-ring (bicyclic) bond motifs is 1. The summed E-state index contributed by atoms with van der Waals surface area (Å²) in [6.45, 7) is 0.0732. The number of hydrogen-bond acceptors (Lipinski definition) is 7. The van der Waals surface area contributed by atoms with E-state index in [1.54, 1.807) is 23.0 Å². The van der Waals surface area contributed by atoms with Crippen LogP contribution in [-0.4, -0.2) is 50.9 Å². The lowest BCUT2D eigenvalue weighted by atomic mass is 10.1. The molecule has 10 nitrogen and oxygen atoms in total. The van der Waals surface area contributed by atoms with Crippen LogP contribution < -0.4 is 5.32 Å². The monoisotopic (exact) mass is 483 g/mol. The number of amides is 1. The first-order valence-electron chi connectivity index (χ1n) is 10.00. The highest BCUT2D eigenvalue weighted by atomic mass is 32.2. The van der Waals surface area contributed by atoms with E-state index in [4.69, 9.17) is 5.11 Å². The molecule has 0 fully saturated rings. The maximum Gasteiger partial charge on any atom is 0.304 e. The van der Waals surface area contributed by atoms with Crippen LogP contribution in [0.5, 0.6) is 0 Å². The number of aliphatic carboxylic acids is 1. The molecule has 1 aromatic carbocycles. The second-order valence-electron chi connectivity index (χ2n) is 7.30. The van der Waals surface area contributed by atoms with E-state index >= 15 is 0 Å². The minimum Gasteiger partial charge on any atom is -0.481 e. The van der Waals surface area contributed by atoms with Crippen molar-refractivity contribution >= 4 is 32.6 Å². The van der Waals surface area contributed by atoms with Crippen molar-refractivity contribution in [2.75, 3.05) is 5.75 Å². The van der Waals surface area contributed by atoms with E-state index in [1.807, 2.05) is 0 Å². The Kier molecular flexibility index (Phi) is 6.32. The van der Waals surface area contributed by atoms with E-state index in [9.17, 15) is 22.4 Å². The van der Waals surface area contributed by atoms with Gasteiger partial charge in [0, 0.05) is 24.3 Å². The Morgan fingerprint density at radius 3 is 2.47 bits per heavy atom. The number of rotatable bonds is 8. The molecule has 0 aliphatic carbocycles. The van der Waals surface area contributed by atoms with E-state index < -0.39 is 33.9 Å². The molecule has 34 heavy (non-hydrogen) atoms. The van der Waals surface area contributed by atoms with Gasteiger partial charge in [-0.25, -0.2) is 22.5 Å². The standard InChI is InChI=1S/C22H18FN5O5S/c23-15-2-4-16(5-3-15)28-19-13-24-11-18(17(19)12-27-28)22(31)26-10-14-1-6-20(25-9-14)34(32,33)8-7-21(29)30/h1-6,9,11-13H,7-8,10H2,(H,26,31)(H,29,30). The summed E-state index contributed by atoms with van der Waals surface area (Å²) in [6, 6.07) is 8.51. The van der Waals surface area contributed by atoms with E-state index in [-0.39, 0.29) is 23.0 Å². The molecule has 1 amide bonds. The molecule has 2 N–H and O–H groups in total. The summed E-state index contributed by atoms with van der Waals surface area (Å²) in [5.41, 5.74) is 2.01. The first-order chi connectivity index (χ1) is 16.2. The third kappa shape index (κ3) is 4.91. The second kappa shape index (κ2) is 9.35. The van der Waals surface area contributed by atoms with E-state index in [1.165, 1.54) is 42.9 Å². The fraction of sp³-hybridized carbons (Fsp3) is 0.136. The quantitative estimate of drug-likeness (QED) is 0.388. The van der Waals surface area contributed by atoms with Gasteiger partial charge in [0.25, 0.3) is 5.91 Å². The lowest BCUT2D eigenvalue weighted by molar-refractivity contribution is -0.136. The van der Waals surface area contributed by atoms with Crippen LogP contribution >= 0.6 is 0 Å². The zero-order valence-electron chi connectivity index (χ0n) is 17.6. The SMILES string of the molecule is O=C(O)CCS(=O)(=O)c1ccc(CNC(=O)c2cncc3c2cnn3-c2ccc(F)cc2)cn1. The minimum absolute atomic E-state index is 0.0732. The van der Waals surface area contributed by atoms with Crippen molar-refractivity contribution in [3.8, 4) is 5.69 Å². The first-order valence-corrected chi connectivity index (χ1v) is 11.7. The molecular weight excluding hydrogens is 465 g/mol. The van der Waals surface area contributed by atoms with E-state index in [0.717, 1.165) is 0 Å². The number of carbonyl (C=O) groups is 2. The zero-order valence-corrected chi connectivity index (χ0v) is 18.4. The molecule has 0 saturated heterocycles. The lowest BCUT2D eigenvalue weighted by Gasteiger charge is -2.08. The smallest absolute Gasteiger partial charge is 0.304 e. The molecule has 0 atom stereocenters. The molecule has 0 bridgehead atoms. The number of sulfone groups is 1. The second-order valence-corrected chi connectivity index (χ2v) is 9.36. The van der Waals surface area contributed by atoms with Gasteiger partial charge in [0.05, 0.1) is 41.3 Å². The minimum atomic E-state index is -3.81. The number of pyridine rings is 2. The largest absolute Gasteiger partial charge is 0.481 e. The van der Waals surface area contributed by atoms with Crippen LogP contribution in [0.15, 0.2) is 66.2 Å². The molecule has 3 aromatic heterocycles. The Morgan fingerprint density at radius 2 is 1.79 bits per heavy atom. The third-order valence-corrected chi connectivity index (χ3v) is 6.59. The van der Waals surface area contributed by atoms with Gasteiger partial charge >= 0.3 is 5.97 Å². The number of carboxylic acids is 1. The van der Waals surface area contributed by atoms with Gasteiger partial charge in [-0.1, -0.05) is 6.07 Å². The van der Waals surface area contributed by atoms with Gasteiger partial charge in [0.2, 0.25) is 0 Å². The van der Waals surface area contributed by atoms with Gasteiger partial charge in [-0.15, -0.1) is 0 Å². The summed E-state index contributed by atoms with van der Waals surface area (Å²) < 4.78 is 39.0. The highest BCUT2D eigenvalue weighted by Crippen LogP contribution is 2.21. The maximum absolute atomic E-state index is 13.2. The molecule has 4 aromatic rings. The van der Waals surface area contributed by atoms with Crippen molar-refractivity contribution in [1.82, 2.24) is 25.1 Å². The summed E-state index contributed by atoms with van der Waals surface area (Å²) in [6.07, 6.45) is 5.27. The van der Waals surface area contributed by atoms with Crippen LogP contribution in [0, 0.1) is 5.82 Å². The predicted octanol–water partition coefficient (Wildman–Crippen LogP) is 2.13. The number of nitrogens with zero attached hydrogens (tertiary/aromatic N) is 4. The van der Waals surface area contributed by atoms with Crippen molar-refractivity contribution in [1.29, 1.82) is 0 Å². The molecule has 0 aliphatic heterocycles. The molecule has 0 saturated carbocycles. The number of nitrogens with one attached hydrogen (secondary N) is 1. The topological polar surface area (TPSA) is 144 Å². The molecule has 0 radical (unpaired) electrons. The Labute approximate surface area is 193 Å². The number of carbonyl (C=O) groups excluding carboxylic acids is 1. The molecule has 0 aliphatic rings. The molecule has 4 rings (SSSR count). The summed E-state index contributed by atoms with van der Waals surface area (Å²) in [7, 11) is -3.81. The van der Waals surface area contributed by atoms with E-state index in [0.29, 0.717) is 22.2 Å². The summed E-state index contributed by atoms with van der Waals surface area (Å²) in [5, 5.41) is 16.0. The molecule has 3 heterocycles. The molecule has 174 valence electrons. The number of benzene rings is 1. The Balaban J connectivity index is 1.48. The average molecular weight is 483 g/mol. The Bertz CT molecular complexity index is 1470. The lowest BCUT2D eigenvalue weighted by Crippen LogP contribution is -2.23. The van der Waals surface area contributed by atoms with Crippen molar-refractivity contribution < 1.29 is 27.5 Å². The van der Waals surface area contributed by atoms with Gasteiger partial charge in [-0.05, 0) is 35.9 Å².